The lowest BCUT2D eigenvalue weighted by Crippen LogP contribution is -2.27. The molecule has 1 aliphatic rings. The Balaban J connectivity index is 1.62. The predicted molar refractivity (Wildman–Crippen MR) is 102 cm³/mol. The Morgan fingerprint density at radius 2 is 2.12 bits per heavy atom. The van der Waals surface area contributed by atoms with Crippen molar-refractivity contribution in [3.8, 4) is 0 Å². The summed E-state index contributed by atoms with van der Waals surface area (Å²) in [6.45, 7) is 2.30. The third-order valence-corrected chi connectivity index (χ3v) is 4.96. The van der Waals surface area contributed by atoms with Gasteiger partial charge in [0, 0.05) is 47.9 Å². The van der Waals surface area contributed by atoms with Crippen LogP contribution in [0.25, 0.3) is 5.65 Å². The topological polar surface area (TPSA) is 71.5 Å². The number of anilines is 2. The summed E-state index contributed by atoms with van der Waals surface area (Å²) in [6.07, 6.45) is 2.72. The molecule has 1 aromatic carbocycles. The zero-order valence-electron chi connectivity index (χ0n) is 13.5. The quantitative estimate of drug-likeness (QED) is 0.731. The van der Waals surface area contributed by atoms with E-state index in [0.717, 1.165) is 42.4 Å². The van der Waals surface area contributed by atoms with Crippen LogP contribution in [-0.4, -0.2) is 33.7 Å². The van der Waals surface area contributed by atoms with Gasteiger partial charge in [-0.3, -0.25) is 0 Å². The average Bonchev–Trinajstić information content (AvgIpc) is 3.22. The molecule has 0 unspecified atom stereocenters. The van der Waals surface area contributed by atoms with E-state index in [0.29, 0.717) is 16.6 Å². The molecule has 130 valence electrons. The summed E-state index contributed by atoms with van der Waals surface area (Å²) in [6, 6.07) is 9.58. The van der Waals surface area contributed by atoms with Crippen LogP contribution in [0, 0.1) is 0 Å². The maximum atomic E-state index is 6.26. The van der Waals surface area contributed by atoms with Gasteiger partial charge in [-0.25, -0.2) is 4.98 Å². The molecule has 1 atom stereocenters. The minimum Gasteiger partial charge on any atom is -0.366 e. The van der Waals surface area contributed by atoms with Crippen molar-refractivity contribution in [2.45, 2.75) is 19.0 Å². The van der Waals surface area contributed by atoms with Crippen molar-refractivity contribution in [3.05, 3.63) is 52.1 Å². The number of rotatable bonds is 4. The number of hydrogen-bond acceptors (Lipinski definition) is 5. The fourth-order valence-electron chi connectivity index (χ4n) is 3.03. The second kappa shape index (κ2) is 6.71. The highest BCUT2D eigenvalue weighted by Gasteiger charge is 2.21. The van der Waals surface area contributed by atoms with E-state index in [1.165, 1.54) is 0 Å². The van der Waals surface area contributed by atoms with Crippen LogP contribution in [-0.2, 0) is 6.54 Å². The Morgan fingerprint density at radius 3 is 2.88 bits per heavy atom. The van der Waals surface area contributed by atoms with Crippen LogP contribution in [0.1, 0.15) is 12.0 Å². The highest BCUT2D eigenvalue weighted by Crippen LogP contribution is 2.25. The fourth-order valence-corrected chi connectivity index (χ4v) is 3.51. The van der Waals surface area contributed by atoms with E-state index >= 15 is 0 Å². The zero-order chi connectivity index (χ0) is 17.4. The van der Waals surface area contributed by atoms with Crippen molar-refractivity contribution in [1.82, 2.24) is 14.6 Å². The molecule has 1 saturated heterocycles. The lowest BCUT2D eigenvalue weighted by atomic mass is 10.2. The molecule has 2 aromatic heterocycles. The first-order chi connectivity index (χ1) is 12.1. The van der Waals surface area contributed by atoms with E-state index in [2.05, 4.69) is 20.3 Å². The lowest BCUT2D eigenvalue weighted by molar-refractivity contribution is 0.751. The van der Waals surface area contributed by atoms with Crippen molar-refractivity contribution in [2.75, 3.05) is 23.3 Å². The van der Waals surface area contributed by atoms with Crippen molar-refractivity contribution in [1.29, 1.82) is 0 Å². The zero-order valence-corrected chi connectivity index (χ0v) is 15.0. The van der Waals surface area contributed by atoms with Crippen LogP contribution < -0.4 is 16.0 Å². The molecule has 8 heteroatoms. The third-order valence-electron chi connectivity index (χ3n) is 4.37. The Morgan fingerprint density at radius 1 is 1.24 bits per heavy atom. The van der Waals surface area contributed by atoms with Gasteiger partial charge in [0.25, 0.3) is 0 Å². The first-order valence-electron chi connectivity index (χ1n) is 8.13. The molecule has 3 N–H and O–H groups in total. The maximum Gasteiger partial charge on any atom is 0.159 e. The molecule has 0 spiro atoms. The Hall–Kier alpha value is -2.02. The molecular weight excluding hydrogens is 359 g/mol. The monoisotopic (exact) mass is 376 g/mol. The highest BCUT2D eigenvalue weighted by atomic mass is 35.5. The number of nitrogens with one attached hydrogen (secondary N) is 1. The predicted octanol–water partition coefficient (Wildman–Crippen LogP) is 3.19. The van der Waals surface area contributed by atoms with Gasteiger partial charge < -0.3 is 16.0 Å². The van der Waals surface area contributed by atoms with Crippen LogP contribution in [0.3, 0.4) is 0 Å². The molecule has 1 fully saturated rings. The molecule has 0 saturated carbocycles. The first kappa shape index (κ1) is 16.4. The molecule has 0 aliphatic carbocycles. The van der Waals surface area contributed by atoms with Gasteiger partial charge in [0.1, 0.15) is 11.6 Å². The second-order valence-corrected chi connectivity index (χ2v) is 7.03. The van der Waals surface area contributed by atoms with E-state index < -0.39 is 0 Å². The first-order valence-corrected chi connectivity index (χ1v) is 8.89. The molecule has 25 heavy (non-hydrogen) atoms. The molecule has 0 radical (unpaired) electrons. The Labute approximate surface area is 155 Å². The Bertz CT molecular complexity index is 909. The summed E-state index contributed by atoms with van der Waals surface area (Å²) in [7, 11) is 0. The van der Waals surface area contributed by atoms with E-state index in [4.69, 9.17) is 28.9 Å². The largest absolute Gasteiger partial charge is 0.366 e. The number of aromatic nitrogens is 3. The molecule has 6 nitrogen and oxygen atoms in total. The summed E-state index contributed by atoms with van der Waals surface area (Å²) >= 11 is 12.2. The molecule has 1 aliphatic heterocycles. The van der Waals surface area contributed by atoms with Gasteiger partial charge in [-0.15, -0.1) is 0 Å². The average molecular weight is 377 g/mol. The molecular formula is C17H18Cl2N6. The van der Waals surface area contributed by atoms with Gasteiger partial charge in [0.15, 0.2) is 5.65 Å². The van der Waals surface area contributed by atoms with Gasteiger partial charge in [0.05, 0.1) is 6.20 Å². The molecule has 0 amide bonds. The minimum atomic E-state index is 0.201. The number of fused-ring (bicyclic) bond motifs is 1. The van der Waals surface area contributed by atoms with Crippen LogP contribution in [0.15, 0.2) is 36.5 Å². The maximum absolute atomic E-state index is 6.26. The Kier molecular flexibility index (Phi) is 4.41. The fraction of sp³-hybridized carbons (Fsp3) is 0.294. The number of benzene rings is 1. The molecule has 0 bridgehead atoms. The van der Waals surface area contributed by atoms with Gasteiger partial charge in [-0.05, 0) is 24.1 Å². The summed E-state index contributed by atoms with van der Waals surface area (Å²) < 4.78 is 1.78. The van der Waals surface area contributed by atoms with Crippen molar-refractivity contribution in [2.24, 2.45) is 5.73 Å². The highest BCUT2D eigenvalue weighted by molar-refractivity contribution is 6.35. The van der Waals surface area contributed by atoms with E-state index in [1.54, 1.807) is 16.8 Å². The van der Waals surface area contributed by atoms with Crippen molar-refractivity contribution in [3.63, 3.8) is 0 Å². The number of halogens is 2. The number of nitrogens with two attached hydrogens (primary N) is 1. The summed E-state index contributed by atoms with van der Waals surface area (Å²) in [5, 5.41) is 9.01. The molecule has 4 rings (SSSR count). The van der Waals surface area contributed by atoms with Gasteiger partial charge >= 0.3 is 0 Å². The SMILES string of the molecule is N[C@@H]1CCN(c2cc(NCc3ccc(Cl)cc3Cl)n3nccc3n2)C1. The number of nitrogens with zero attached hydrogens (tertiary/aromatic N) is 4. The van der Waals surface area contributed by atoms with Crippen LogP contribution in [0.5, 0.6) is 0 Å². The molecule has 3 heterocycles. The molecule has 3 aromatic rings. The van der Waals surface area contributed by atoms with E-state index in [9.17, 15) is 0 Å². The van der Waals surface area contributed by atoms with Crippen LogP contribution in [0.2, 0.25) is 10.0 Å². The normalized spacial score (nSPS) is 17.4. The van der Waals surface area contributed by atoms with E-state index in [1.807, 2.05) is 24.3 Å². The summed E-state index contributed by atoms with van der Waals surface area (Å²) in [4.78, 5) is 6.89. The number of hydrogen-bond donors (Lipinski definition) is 2. The smallest absolute Gasteiger partial charge is 0.159 e. The van der Waals surface area contributed by atoms with Crippen molar-refractivity contribution >= 4 is 40.5 Å². The van der Waals surface area contributed by atoms with Gasteiger partial charge in [-0.2, -0.15) is 9.61 Å². The third kappa shape index (κ3) is 3.38. The van der Waals surface area contributed by atoms with Crippen molar-refractivity contribution < 1.29 is 0 Å². The standard InChI is InChI=1S/C17H18Cl2N6/c18-12-2-1-11(14(19)7-12)9-21-16-8-17(24-6-4-13(20)10-24)23-15-3-5-22-25(15)16/h1-3,5,7-8,13,21H,4,6,9-10,20H2/t13-/m1/s1. The van der Waals surface area contributed by atoms with E-state index in [-0.39, 0.29) is 6.04 Å². The minimum absolute atomic E-state index is 0.201. The van der Waals surface area contributed by atoms with Gasteiger partial charge in [0.2, 0.25) is 0 Å². The van der Waals surface area contributed by atoms with Gasteiger partial charge in [-0.1, -0.05) is 29.3 Å². The second-order valence-electron chi connectivity index (χ2n) is 6.18. The summed E-state index contributed by atoms with van der Waals surface area (Å²) in [5.41, 5.74) is 7.79. The van der Waals surface area contributed by atoms with Crippen LogP contribution in [0.4, 0.5) is 11.6 Å². The summed E-state index contributed by atoms with van der Waals surface area (Å²) in [5.74, 6) is 1.77. The van der Waals surface area contributed by atoms with Crippen LogP contribution >= 0.6 is 23.2 Å². The lowest BCUT2D eigenvalue weighted by Gasteiger charge is -2.19.